The fourth-order valence-corrected chi connectivity index (χ4v) is 3.15. The minimum atomic E-state index is 0.190. The molecule has 3 nitrogen and oxygen atoms in total. The Morgan fingerprint density at radius 1 is 1.35 bits per heavy atom. The van der Waals surface area contributed by atoms with Crippen molar-refractivity contribution in [1.82, 2.24) is 5.32 Å². The molecule has 2 atom stereocenters. The molecule has 112 valence electrons. The third kappa shape index (κ3) is 3.45. The molecule has 0 radical (unpaired) electrons. The third-order valence-electron chi connectivity index (χ3n) is 4.38. The van der Waals surface area contributed by atoms with Crippen LogP contribution < -0.4 is 10.2 Å². The number of hydrogen-bond acceptors (Lipinski definition) is 3. The largest absolute Gasteiger partial charge is 0.508 e. The van der Waals surface area contributed by atoms with Gasteiger partial charge in [0.25, 0.3) is 0 Å². The smallest absolute Gasteiger partial charge is 0.122 e. The van der Waals surface area contributed by atoms with E-state index in [4.69, 9.17) is 0 Å². The quantitative estimate of drug-likeness (QED) is 0.877. The minimum Gasteiger partial charge on any atom is -0.508 e. The number of phenolic OH excluding ortho intramolecular Hbond substituents is 1. The van der Waals surface area contributed by atoms with Gasteiger partial charge in [0.1, 0.15) is 5.75 Å². The number of benzene rings is 1. The van der Waals surface area contributed by atoms with Gasteiger partial charge in [-0.25, -0.2) is 0 Å². The zero-order valence-corrected chi connectivity index (χ0v) is 13.0. The first-order chi connectivity index (χ1) is 9.63. The lowest BCUT2D eigenvalue weighted by atomic mass is 10.1. The molecule has 0 spiro atoms. The first kappa shape index (κ1) is 15.2. The summed E-state index contributed by atoms with van der Waals surface area (Å²) < 4.78 is 0. The van der Waals surface area contributed by atoms with Crippen LogP contribution in [-0.2, 0) is 0 Å². The van der Waals surface area contributed by atoms with Crippen LogP contribution in [0.3, 0.4) is 0 Å². The Balaban J connectivity index is 2.19. The van der Waals surface area contributed by atoms with Crippen molar-refractivity contribution in [3.8, 4) is 5.75 Å². The molecule has 0 bridgehead atoms. The SMILES string of the molecule is CCNC(C)c1ccc(N2CCCCCC2C)cc1O. The van der Waals surface area contributed by atoms with Gasteiger partial charge < -0.3 is 15.3 Å². The normalized spacial score (nSPS) is 21.6. The summed E-state index contributed by atoms with van der Waals surface area (Å²) in [4.78, 5) is 2.44. The Kier molecular flexibility index (Phi) is 5.30. The van der Waals surface area contributed by atoms with E-state index in [-0.39, 0.29) is 6.04 Å². The maximum absolute atomic E-state index is 10.3. The summed E-state index contributed by atoms with van der Waals surface area (Å²) in [6, 6.07) is 6.91. The van der Waals surface area contributed by atoms with Crippen molar-refractivity contribution in [2.75, 3.05) is 18.0 Å². The van der Waals surface area contributed by atoms with Gasteiger partial charge in [-0.2, -0.15) is 0 Å². The van der Waals surface area contributed by atoms with Crippen LogP contribution in [0.25, 0.3) is 0 Å². The molecule has 1 aliphatic heterocycles. The first-order valence-electron chi connectivity index (χ1n) is 7.96. The molecule has 1 heterocycles. The molecule has 1 aromatic rings. The molecule has 0 amide bonds. The van der Waals surface area contributed by atoms with E-state index in [0.717, 1.165) is 24.3 Å². The molecule has 0 aromatic heterocycles. The maximum Gasteiger partial charge on any atom is 0.122 e. The molecule has 0 saturated carbocycles. The molecule has 1 fully saturated rings. The number of nitrogens with zero attached hydrogens (tertiary/aromatic N) is 1. The summed E-state index contributed by atoms with van der Waals surface area (Å²) in [5, 5.41) is 13.7. The Morgan fingerprint density at radius 3 is 2.85 bits per heavy atom. The van der Waals surface area contributed by atoms with Crippen molar-refractivity contribution >= 4 is 5.69 Å². The summed E-state index contributed by atoms with van der Waals surface area (Å²) in [5.74, 6) is 0.410. The highest BCUT2D eigenvalue weighted by Gasteiger charge is 2.19. The second-order valence-electron chi connectivity index (χ2n) is 5.91. The van der Waals surface area contributed by atoms with Gasteiger partial charge in [-0.1, -0.05) is 25.8 Å². The second kappa shape index (κ2) is 6.98. The number of anilines is 1. The topological polar surface area (TPSA) is 35.5 Å². The molecule has 1 aromatic carbocycles. The number of aromatic hydroxyl groups is 1. The first-order valence-corrected chi connectivity index (χ1v) is 7.96. The molecule has 20 heavy (non-hydrogen) atoms. The summed E-state index contributed by atoms with van der Waals surface area (Å²) in [6.45, 7) is 8.47. The van der Waals surface area contributed by atoms with Gasteiger partial charge >= 0.3 is 0 Å². The van der Waals surface area contributed by atoms with Crippen molar-refractivity contribution in [3.63, 3.8) is 0 Å². The second-order valence-corrected chi connectivity index (χ2v) is 5.91. The highest BCUT2D eigenvalue weighted by atomic mass is 16.3. The highest BCUT2D eigenvalue weighted by Crippen LogP contribution is 2.31. The zero-order chi connectivity index (χ0) is 14.5. The van der Waals surface area contributed by atoms with Crippen molar-refractivity contribution in [1.29, 1.82) is 0 Å². The average Bonchev–Trinajstić information content (AvgIpc) is 2.63. The van der Waals surface area contributed by atoms with E-state index < -0.39 is 0 Å². The van der Waals surface area contributed by atoms with Crippen LogP contribution in [-0.4, -0.2) is 24.2 Å². The van der Waals surface area contributed by atoms with E-state index in [1.807, 2.05) is 6.07 Å². The Bertz CT molecular complexity index is 433. The fourth-order valence-electron chi connectivity index (χ4n) is 3.15. The third-order valence-corrected chi connectivity index (χ3v) is 4.38. The lowest BCUT2D eigenvalue weighted by Crippen LogP contribution is -2.32. The van der Waals surface area contributed by atoms with Gasteiger partial charge in [-0.3, -0.25) is 0 Å². The van der Waals surface area contributed by atoms with Crippen LogP contribution in [0, 0.1) is 0 Å². The number of hydrogen-bond donors (Lipinski definition) is 2. The number of rotatable bonds is 4. The van der Waals surface area contributed by atoms with Crippen LogP contribution in [0.5, 0.6) is 5.75 Å². The van der Waals surface area contributed by atoms with Crippen molar-refractivity contribution in [2.45, 2.75) is 58.5 Å². The van der Waals surface area contributed by atoms with Crippen LogP contribution in [0.2, 0.25) is 0 Å². The van der Waals surface area contributed by atoms with Crippen LogP contribution >= 0.6 is 0 Å². The standard InChI is InChI=1S/C17H28N2O/c1-4-18-14(3)16-10-9-15(12-17(16)20)19-11-7-5-6-8-13(19)2/h9-10,12-14,18,20H,4-8,11H2,1-3H3. The van der Waals surface area contributed by atoms with E-state index in [9.17, 15) is 5.11 Å². The lowest BCUT2D eigenvalue weighted by molar-refractivity contribution is 0.454. The van der Waals surface area contributed by atoms with E-state index >= 15 is 0 Å². The molecule has 2 rings (SSSR count). The predicted molar refractivity (Wildman–Crippen MR) is 85.5 cm³/mol. The highest BCUT2D eigenvalue weighted by molar-refractivity contribution is 5.54. The molecule has 0 aliphatic carbocycles. The van der Waals surface area contributed by atoms with E-state index in [0.29, 0.717) is 11.8 Å². The molecule has 2 unspecified atom stereocenters. The summed E-state index contributed by atoms with van der Waals surface area (Å²) in [5.41, 5.74) is 2.14. The van der Waals surface area contributed by atoms with Crippen LogP contribution in [0.1, 0.15) is 58.1 Å². The summed E-state index contributed by atoms with van der Waals surface area (Å²) in [6.07, 6.45) is 5.14. The van der Waals surface area contributed by atoms with Gasteiger partial charge in [0, 0.05) is 35.9 Å². The molecule has 1 aliphatic rings. The minimum absolute atomic E-state index is 0.190. The summed E-state index contributed by atoms with van der Waals surface area (Å²) in [7, 11) is 0. The van der Waals surface area contributed by atoms with Gasteiger partial charge in [0.05, 0.1) is 0 Å². The van der Waals surface area contributed by atoms with E-state index in [1.54, 1.807) is 0 Å². The fraction of sp³-hybridized carbons (Fsp3) is 0.647. The van der Waals surface area contributed by atoms with E-state index in [2.05, 4.69) is 43.1 Å². The predicted octanol–water partition coefficient (Wildman–Crippen LogP) is 3.83. The zero-order valence-electron chi connectivity index (χ0n) is 13.0. The van der Waals surface area contributed by atoms with Gasteiger partial charge in [-0.15, -0.1) is 0 Å². The molecule has 3 heteroatoms. The Labute approximate surface area is 123 Å². The van der Waals surface area contributed by atoms with Crippen LogP contribution in [0.4, 0.5) is 5.69 Å². The van der Waals surface area contributed by atoms with Gasteiger partial charge in [0.15, 0.2) is 0 Å². The monoisotopic (exact) mass is 276 g/mol. The Morgan fingerprint density at radius 2 is 2.15 bits per heavy atom. The van der Waals surface area contributed by atoms with Gasteiger partial charge in [0.2, 0.25) is 0 Å². The van der Waals surface area contributed by atoms with Crippen LogP contribution in [0.15, 0.2) is 18.2 Å². The lowest BCUT2D eigenvalue weighted by Gasteiger charge is -2.30. The maximum atomic E-state index is 10.3. The molecular weight excluding hydrogens is 248 g/mol. The van der Waals surface area contributed by atoms with Crippen molar-refractivity contribution in [3.05, 3.63) is 23.8 Å². The molecule has 2 N–H and O–H groups in total. The number of nitrogens with one attached hydrogen (secondary N) is 1. The van der Waals surface area contributed by atoms with Crippen molar-refractivity contribution in [2.24, 2.45) is 0 Å². The number of phenols is 1. The summed E-state index contributed by atoms with van der Waals surface area (Å²) >= 11 is 0. The van der Waals surface area contributed by atoms with Gasteiger partial charge in [-0.05, 0) is 39.3 Å². The molecular formula is C17H28N2O. The van der Waals surface area contributed by atoms with Crippen molar-refractivity contribution < 1.29 is 5.11 Å². The van der Waals surface area contributed by atoms with E-state index in [1.165, 1.54) is 25.7 Å². The molecule has 1 saturated heterocycles. The average molecular weight is 276 g/mol. The Hall–Kier alpha value is -1.22.